The van der Waals surface area contributed by atoms with E-state index in [2.05, 4.69) is 4.98 Å². The fourth-order valence-corrected chi connectivity index (χ4v) is 3.12. The fourth-order valence-electron chi connectivity index (χ4n) is 2.23. The SMILES string of the molecule is Nc1nc(-c2ccccc2)c(Cc2ccc([N+](=O)[O-])cc2)s1. The van der Waals surface area contributed by atoms with Crippen molar-refractivity contribution in [3.63, 3.8) is 0 Å². The van der Waals surface area contributed by atoms with Crippen molar-refractivity contribution >= 4 is 22.2 Å². The zero-order valence-corrected chi connectivity index (χ0v) is 12.4. The molecule has 6 heteroatoms. The molecule has 1 heterocycles. The number of anilines is 1. The Hall–Kier alpha value is -2.73. The molecule has 0 spiro atoms. The molecule has 0 radical (unpaired) electrons. The maximum Gasteiger partial charge on any atom is 0.269 e. The molecule has 0 saturated heterocycles. The predicted octanol–water partition coefficient (Wildman–Crippen LogP) is 3.89. The summed E-state index contributed by atoms with van der Waals surface area (Å²) in [7, 11) is 0. The molecule has 5 nitrogen and oxygen atoms in total. The third kappa shape index (κ3) is 2.96. The van der Waals surface area contributed by atoms with Gasteiger partial charge in [-0.3, -0.25) is 10.1 Å². The van der Waals surface area contributed by atoms with Crippen LogP contribution < -0.4 is 5.73 Å². The second-order valence-electron chi connectivity index (χ2n) is 4.79. The van der Waals surface area contributed by atoms with Gasteiger partial charge in [-0.15, -0.1) is 11.3 Å². The lowest BCUT2D eigenvalue weighted by atomic mass is 10.1. The number of nitrogens with zero attached hydrogens (tertiary/aromatic N) is 2. The summed E-state index contributed by atoms with van der Waals surface area (Å²) in [4.78, 5) is 15.8. The summed E-state index contributed by atoms with van der Waals surface area (Å²) in [5, 5.41) is 11.2. The largest absolute Gasteiger partial charge is 0.375 e. The Morgan fingerprint density at radius 1 is 1.09 bits per heavy atom. The predicted molar refractivity (Wildman–Crippen MR) is 87.9 cm³/mol. The van der Waals surface area contributed by atoms with Crippen molar-refractivity contribution in [1.29, 1.82) is 0 Å². The molecule has 1 aromatic heterocycles. The van der Waals surface area contributed by atoms with Gasteiger partial charge in [0.1, 0.15) is 0 Å². The number of non-ortho nitro benzene ring substituents is 1. The smallest absolute Gasteiger partial charge is 0.269 e. The summed E-state index contributed by atoms with van der Waals surface area (Å²) in [6.07, 6.45) is 0.650. The highest BCUT2D eigenvalue weighted by atomic mass is 32.1. The number of nitro groups is 1. The molecule has 2 N–H and O–H groups in total. The van der Waals surface area contributed by atoms with E-state index in [9.17, 15) is 10.1 Å². The summed E-state index contributed by atoms with van der Waals surface area (Å²) >= 11 is 1.45. The quantitative estimate of drug-likeness (QED) is 0.585. The third-order valence-electron chi connectivity index (χ3n) is 3.27. The number of nitrogens with two attached hydrogens (primary N) is 1. The Morgan fingerprint density at radius 2 is 1.77 bits per heavy atom. The van der Waals surface area contributed by atoms with E-state index in [1.54, 1.807) is 12.1 Å². The lowest BCUT2D eigenvalue weighted by Crippen LogP contribution is -1.91. The fraction of sp³-hybridized carbons (Fsp3) is 0.0625. The van der Waals surface area contributed by atoms with Crippen LogP contribution in [0.3, 0.4) is 0 Å². The van der Waals surface area contributed by atoms with Gasteiger partial charge in [0.05, 0.1) is 10.6 Å². The maximum absolute atomic E-state index is 10.7. The Kier molecular flexibility index (Phi) is 3.84. The number of rotatable bonds is 4. The van der Waals surface area contributed by atoms with Gasteiger partial charge in [0.25, 0.3) is 5.69 Å². The summed E-state index contributed by atoms with van der Waals surface area (Å²) in [6.45, 7) is 0. The van der Waals surface area contributed by atoms with Crippen LogP contribution >= 0.6 is 11.3 Å². The number of nitrogen functional groups attached to an aromatic ring is 1. The van der Waals surface area contributed by atoms with Gasteiger partial charge in [-0.2, -0.15) is 0 Å². The molecule has 2 aromatic carbocycles. The van der Waals surface area contributed by atoms with E-state index in [1.807, 2.05) is 30.3 Å². The highest BCUT2D eigenvalue weighted by Crippen LogP contribution is 2.31. The van der Waals surface area contributed by atoms with Gasteiger partial charge in [-0.25, -0.2) is 4.98 Å². The molecule has 0 aliphatic heterocycles. The second kappa shape index (κ2) is 5.95. The van der Waals surface area contributed by atoms with Crippen LogP contribution in [0.1, 0.15) is 10.4 Å². The molecule has 0 unspecified atom stereocenters. The van der Waals surface area contributed by atoms with E-state index in [0.717, 1.165) is 21.7 Å². The minimum Gasteiger partial charge on any atom is -0.375 e. The second-order valence-corrected chi connectivity index (χ2v) is 5.91. The number of thiazole rings is 1. The number of hydrogen-bond donors (Lipinski definition) is 1. The van der Waals surface area contributed by atoms with E-state index in [4.69, 9.17) is 5.73 Å². The molecule has 3 rings (SSSR count). The monoisotopic (exact) mass is 311 g/mol. The number of hydrogen-bond acceptors (Lipinski definition) is 5. The molecule has 0 saturated carbocycles. The summed E-state index contributed by atoms with van der Waals surface area (Å²) in [5.74, 6) is 0. The van der Waals surface area contributed by atoms with Crippen molar-refractivity contribution in [1.82, 2.24) is 4.98 Å². The summed E-state index contributed by atoms with van der Waals surface area (Å²) in [6, 6.07) is 16.4. The van der Waals surface area contributed by atoms with Crippen LogP contribution in [0, 0.1) is 10.1 Å². The molecule has 110 valence electrons. The summed E-state index contributed by atoms with van der Waals surface area (Å²) < 4.78 is 0. The molecule has 22 heavy (non-hydrogen) atoms. The zero-order valence-electron chi connectivity index (χ0n) is 11.6. The van der Waals surface area contributed by atoms with Crippen LogP contribution in [0.4, 0.5) is 10.8 Å². The molecular formula is C16H13N3O2S. The summed E-state index contributed by atoms with van der Waals surface area (Å²) in [5.41, 5.74) is 8.83. The van der Waals surface area contributed by atoms with Crippen LogP contribution in [-0.2, 0) is 6.42 Å². The highest BCUT2D eigenvalue weighted by Gasteiger charge is 2.13. The van der Waals surface area contributed by atoms with E-state index in [-0.39, 0.29) is 5.69 Å². The molecule has 0 amide bonds. The van der Waals surface area contributed by atoms with Gasteiger partial charge in [0, 0.05) is 29.0 Å². The normalized spacial score (nSPS) is 10.5. The standard InChI is InChI=1S/C16H13N3O2S/c17-16-18-15(12-4-2-1-3-5-12)14(22-16)10-11-6-8-13(9-7-11)19(20)21/h1-9H,10H2,(H2,17,18). The molecule has 0 bridgehead atoms. The zero-order chi connectivity index (χ0) is 15.5. The molecule has 0 fully saturated rings. The van der Waals surface area contributed by atoms with Crippen molar-refractivity contribution in [3.8, 4) is 11.3 Å². The molecule has 0 atom stereocenters. The first-order valence-electron chi connectivity index (χ1n) is 6.67. The molecule has 0 aliphatic carbocycles. The Balaban J connectivity index is 1.91. The Labute approximate surface area is 131 Å². The first-order chi connectivity index (χ1) is 10.6. The number of benzene rings is 2. The van der Waals surface area contributed by atoms with Crippen molar-refractivity contribution in [2.24, 2.45) is 0 Å². The average Bonchev–Trinajstić information content (AvgIpc) is 2.89. The van der Waals surface area contributed by atoms with Crippen LogP contribution in [0.15, 0.2) is 54.6 Å². The van der Waals surface area contributed by atoms with Gasteiger partial charge >= 0.3 is 0 Å². The van der Waals surface area contributed by atoms with E-state index in [0.29, 0.717) is 11.6 Å². The van der Waals surface area contributed by atoms with E-state index in [1.165, 1.54) is 23.5 Å². The number of nitro benzene ring substituents is 1. The minimum atomic E-state index is -0.399. The first-order valence-corrected chi connectivity index (χ1v) is 7.49. The van der Waals surface area contributed by atoms with Gasteiger partial charge in [0.2, 0.25) is 0 Å². The van der Waals surface area contributed by atoms with Crippen molar-refractivity contribution in [3.05, 3.63) is 75.2 Å². The van der Waals surface area contributed by atoms with Gasteiger partial charge in [0.15, 0.2) is 5.13 Å². The molecule has 0 aliphatic rings. The van der Waals surface area contributed by atoms with Gasteiger partial charge in [-0.1, -0.05) is 42.5 Å². The minimum absolute atomic E-state index is 0.0934. The van der Waals surface area contributed by atoms with E-state index < -0.39 is 4.92 Å². The van der Waals surface area contributed by atoms with Gasteiger partial charge < -0.3 is 5.73 Å². The maximum atomic E-state index is 10.7. The van der Waals surface area contributed by atoms with E-state index >= 15 is 0 Å². The van der Waals surface area contributed by atoms with Crippen LogP contribution in [0.5, 0.6) is 0 Å². The molecular weight excluding hydrogens is 298 g/mol. The lowest BCUT2D eigenvalue weighted by Gasteiger charge is -2.03. The van der Waals surface area contributed by atoms with Crippen LogP contribution in [-0.4, -0.2) is 9.91 Å². The third-order valence-corrected chi connectivity index (χ3v) is 4.16. The Bertz CT molecular complexity index is 798. The average molecular weight is 311 g/mol. The molecule has 3 aromatic rings. The Morgan fingerprint density at radius 3 is 2.41 bits per heavy atom. The van der Waals surface area contributed by atoms with Crippen molar-refractivity contribution in [2.45, 2.75) is 6.42 Å². The van der Waals surface area contributed by atoms with Crippen molar-refractivity contribution < 1.29 is 4.92 Å². The topological polar surface area (TPSA) is 82.0 Å². The van der Waals surface area contributed by atoms with Crippen molar-refractivity contribution in [2.75, 3.05) is 5.73 Å². The van der Waals surface area contributed by atoms with Crippen LogP contribution in [0.2, 0.25) is 0 Å². The van der Waals surface area contributed by atoms with Gasteiger partial charge in [-0.05, 0) is 5.56 Å². The van der Waals surface area contributed by atoms with Crippen LogP contribution in [0.25, 0.3) is 11.3 Å². The lowest BCUT2D eigenvalue weighted by molar-refractivity contribution is -0.384. The highest BCUT2D eigenvalue weighted by molar-refractivity contribution is 7.15. The number of aromatic nitrogens is 1. The first kappa shape index (κ1) is 14.2.